The maximum absolute atomic E-state index is 4.88. The molecule has 0 bridgehead atoms. The lowest BCUT2D eigenvalue weighted by atomic mass is 10.2. The highest BCUT2D eigenvalue weighted by atomic mass is 79.9. The van der Waals surface area contributed by atoms with Crippen molar-refractivity contribution >= 4 is 27.3 Å². The zero-order valence-corrected chi connectivity index (χ0v) is 13.4. The smallest absolute Gasteiger partial charge is 0.0975 e. The normalized spacial score (nSPS) is 14.8. The van der Waals surface area contributed by atoms with E-state index in [1.54, 1.807) is 0 Å². The van der Waals surface area contributed by atoms with Gasteiger partial charge >= 0.3 is 0 Å². The van der Waals surface area contributed by atoms with Gasteiger partial charge in [0.15, 0.2) is 0 Å². The minimum absolute atomic E-state index is 0.735. The molecule has 0 spiro atoms. The largest absolute Gasteiger partial charge is 0.315 e. The van der Waals surface area contributed by atoms with Crippen molar-refractivity contribution in [3.8, 4) is 0 Å². The molecule has 1 aliphatic carbocycles. The molecule has 1 N–H and O–H groups in total. The quantitative estimate of drug-likeness (QED) is 0.889. The standard InChI is InChI=1S/C15H17BrN2S/c1-17-9-13-15(11-4-5-11)18-14(19-13)8-10-2-6-12(16)7-3-10/h2-3,6-7,11,17H,4-5,8-9H2,1H3. The molecule has 1 fully saturated rings. The summed E-state index contributed by atoms with van der Waals surface area (Å²) in [7, 11) is 2.00. The molecular formula is C15H17BrN2S. The van der Waals surface area contributed by atoms with Gasteiger partial charge in [-0.2, -0.15) is 0 Å². The SMILES string of the molecule is CNCc1sc(Cc2ccc(Br)cc2)nc1C1CC1. The Morgan fingerprint density at radius 3 is 2.68 bits per heavy atom. The molecule has 0 saturated heterocycles. The van der Waals surface area contributed by atoms with E-state index in [2.05, 4.69) is 45.5 Å². The van der Waals surface area contributed by atoms with Gasteiger partial charge in [-0.15, -0.1) is 11.3 Å². The predicted octanol–water partition coefficient (Wildman–Crippen LogP) is 4.09. The van der Waals surface area contributed by atoms with Crippen molar-refractivity contribution in [3.05, 3.63) is 49.9 Å². The van der Waals surface area contributed by atoms with E-state index in [9.17, 15) is 0 Å². The van der Waals surface area contributed by atoms with Crippen molar-refractivity contribution in [2.45, 2.75) is 31.7 Å². The number of benzene rings is 1. The third kappa shape index (κ3) is 3.25. The molecular weight excluding hydrogens is 320 g/mol. The highest BCUT2D eigenvalue weighted by molar-refractivity contribution is 9.10. The van der Waals surface area contributed by atoms with Crippen LogP contribution in [0.1, 0.15) is 39.9 Å². The summed E-state index contributed by atoms with van der Waals surface area (Å²) < 4.78 is 1.13. The van der Waals surface area contributed by atoms with Crippen molar-refractivity contribution in [1.29, 1.82) is 0 Å². The maximum Gasteiger partial charge on any atom is 0.0975 e. The van der Waals surface area contributed by atoms with Gasteiger partial charge in [0.1, 0.15) is 0 Å². The van der Waals surface area contributed by atoms with Crippen LogP contribution in [0.2, 0.25) is 0 Å². The topological polar surface area (TPSA) is 24.9 Å². The Hall–Kier alpha value is -0.710. The van der Waals surface area contributed by atoms with Crippen LogP contribution in [0.3, 0.4) is 0 Å². The fourth-order valence-corrected chi connectivity index (χ4v) is 3.69. The van der Waals surface area contributed by atoms with Gasteiger partial charge in [0.2, 0.25) is 0 Å². The van der Waals surface area contributed by atoms with Crippen LogP contribution >= 0.6 is 27.3 Å². The molecule has 1 heterocycles. The molecule has 0 unspecified atom stereocenters. The van der Waals surface area contributed by atoms with Crippen LogP contribution < -0.4 is 5.32 Å². The first-order chi connectivity index (χ1) is 9.26. The highest BCUT2D eigenvalue weighted by Crippen LogP contribution is 2.42. The Morgan fingerprint density at radius 1 is 1.32 bits per heavy atom. The van der Waals surface area contributed by atoms with Crippen molar-refractivity contribution in [2.24, 2.45) is 0 Å². The number of thiazole rings is 1. The lowest BCUT2D eigenvalue weighted by molar-refractivity contribution is 0.812. The molecule has 0 atom stereocenters. The summed E-state index contributed by atoms with van der Waals surface area (Å²) in [6.07, 6.45) is 3.58. The zero-order valence-electron chi connectivity index (χ0n) is 10.9. The van der Waals surface area contributed by atoms with Gasteiger partial charge in [0.25, 0.3) is 0 Å². The van der Waals surface area contributed by atoms with Crippen molar-refractivity contribution in [3.63, 3.8) is 0 Å². The Balaban J connectivity index is 1.80. The van der Waals surface area contributed by atoms with Crippen LogP contribution in [-0.4, -0.2) is 12.0 Å². The van der Waals surface area contributed by atoms with Crippen LogP contribution in [0.5, 0.6) is 0 Å². The second-order valence-corrected chi connectivity index (χ2v) is 7.11. The monoisotopic (exact) mass is 336 g/mol. The van der Waals surface area contributed by atoms with Gasteiger partial charge in [-0.05, 0) is 37.6 Å². The number of nitrogens with zero attached hydrogens (tertiary/aromatic N) is 1. The number of hydrogen-bond donors (Lipinski definition) is 1. The molecule has 0 aliphatic heterocycles. The molecule has 1 saturated carbocycles. The summed E-state index contributed by atoms with van der Waals surface area (Å²) in [4.78, 5) is 6.30. The number of halogens is 1. The molecule has 3 rings (SSSR count). The van der Waals surface area contributed by atoms with E-state index in [-0.39, 0.29) is 0 Å². The summed E-state index contributed by atoms with van der Waals surface area (Å²) in [5, 5.41) is 4.50. The van der Waals surface area contributed by atoms with Crippen molar-refractivity contribution < 1.29 is 0 Å². The van der Waals surface area contributed by atoms with Crippen LogP contribution in [-0.2, 0) is 13.0 Å². The first-order valence-corrected chi connectivity index (χ1v) is 8.24. The van der Waals surface area contributed by atoms with Gasteiger partial charge < -0.3 is 5.32 Å². The van der Waals surface area contributed by atoms with Crippen LogP contribution in [0.15, 0.2) is 28.7 Å². The molecule has 19 heavy (non-hydrogen) atoms. The second-order valence-electron chi connectivity index (χ2n) is 5.02. The van der Waals surface area contributed by atoms with E-state index in [0.29, 0.717) is 0 Å². The van der Waals surface area contributed by atoms with E-state index in [4.69, 9.17) is 4.98 Å². The molecule has 0 radical (unpaired) electrons. The van der Waals surface area contributed by atoms with Crippen molar-refractivity contribution in [2.75, 3.05) is 7.05 Å². The molecule has 0 amide bonds. The van der Waals surface area contributed by atoms with Gasteiger partial charge in [-0.3, -0.25) is 0 Å². The van der Waals surface area contributed by atoms with E-state index < -0.39 is 0 Å². The van der Waals surface area contributed by atoms with Crippen LogP contribution in [0, 0.1) is 0 Å². The Labute approximate surface area is 126 Å². The Bertz CT molecular complexity index is 558. The van der Waals surface area contributed by atoms with Gasteiger partial charge in [0, 0.05) is 28.2 Å². The molecule has 2 aromatic rings. The molecule has 100 valence electrons. The Kier molecular flexibility index (Phi) is 4.01. The fraction of sp³-hybridized carbons (Fsp3) is 0.400. The molecule has 2 nitrogen and oxygen atoms in total. The van der Waals surface area contributed by atoms with Gasteiger partial charge in [0.05, 0.1) is 10.7 Å². The third-order valence-corrected chi connectivity index (χ3v) is 4.94. The van der Waals surface area contributed by atoms with E-state index in [1.165, 1.54) is 34.0 Å². The molecule has 1 aliphatic rings. The Morgan fingerprint density at radius 2 is 2.05 bits per heavy atom. The lowest BCUT2D eigenvalue weighted by Gasteiger charge is -1.97. The summed E-state index contributed by atoms with van der Waals surface area (Å²) >= 11 is 5.34. The molecule has 1 aromatic heterocycles. The first kappa shape index (κ1) is 13.3. The predicted molar refractivity (Wildman–Crippen MR) is 83.8 cm³/mol. The zero-order chi connectivity index (χ0) is 13.2. The number of hydrogen-bond acceptors (Lipinski definition) is 3. The highest BCUT2D eigenvalue weighted by Gasteiger charge is 2.29. The minimum Gasteiger partial charge on any atom is -0.315 e. The summed E-state index contributed by atoms with van der Waals surface area (Å²) in [6, 6.07) is 8.53. The van der Waals surface area contributed by atoms with E-state index in [1.807, 2.05) is 18.4 Å². The average molecular weight is 337 g/mol. The van der Waals surface area contributed by atoms with Gasteiger partial charge in [-0.25, -0.2) is 4.98 Å². The minimum atomic E-state index is 0.735. The second kappa shape index (κ2) is 5.73. The average Bonchev–Trinajstić information content (AvgIpc) is 3.17. The van der Waals surface area contributed by atoms with Crippen LogP contribution in [0.4, 0.5) is 0 Å². The lowest BCUT2D eigenvalue weighted by Crippen LogP contribution is -2.05. The fourth-order valence-electron chi connectivity index (χ4n) is 2.23. The molecule has 1 aromatic carbocycles. The van der Waals surface area contributed by atoms with Crippen molar-refractivity contribution in [1.82, 2.24) is 10.3 Å². The number of aromatic nitrogens is 1. The molecule has 4 heteroatoms. The van der Waals surface area contributed by atoms with E-state index in [0.717, 1.165) is 23.4 Å². The summed E-state index contributed by atoms with van der Waals surface area (Å²) in [5.41, 5.74) is 2.68. The third-order valence-electron chi connectivity index (χ3n) is 3.34. The number of rotatable bonds is 5. The number of nitrogens with one attached hydrogen (secondary N) is 1. The van der Waals surface area contributed by atoms with Gasteiger partial charge in [-0.1, -0.05) is 28.1 Å². The van der Waals surface area contributed by atoms with Crippen LogP contribution in [0.25, 0.3) is 0 Å². The first-order valence-electron chi connectivity index (χ1n) is 6.64. The van der Waals surface area contributed by atoms with E-state index >= 15 is 0 Å². The summed E-state index contributed by atoms with van der Waals surface area (Å²) in [5.74, 6) is 0.735. The summed E-state index contributed by atoms with van der Waals surface area (Å²) in [6.45, 7) is 0.948. The maximum atomic E-state index is 4.88.